The summed E-state index contributed by atoms with van der Waals surface area (Å²) in [7, 11) is 0. The van der Waals surface area contributed by atoms with Crippen LogP contribution in [0, 0.1) is 0 Å². The third-order valence-electron chi connectivity index (χ3n) is 4.18. The summed E-state index contributed by atoms with van der Waals surface area (Å²) in [5.41, 5.74) is 1.31. The number of rotatable bonds is 8. The Labute approximate surface area is 194 Å². The van der Waals surface area contributed by atoms with Crippen molar-refractivity contribution in [2.75, 3.05) is 5.32 Å². The van der Waals surface area contributed by atoms with Gasteiger partial charge in [-0.1, -0.05) is 29.0 Å². The lowest BCUT2D eigenvalue weighted by Gasteiger charge is -2.09. The maximum Gasteiger partial charge on any atom is 0.388 e. The molecule has 1 N–H and O–H groups in total. The average molecular weight is 491 g/mol. The third-order valence-corrected chi connectivity index (χ3v) is 5.36. The summed E-state index contributed by atoms with van der Waals surface area (Å²) in [6, 6.07) is 10.7. The summed E-state index contributed by atoms with van der Waals surface area (Å²) < 4.78 is 34.5. The summed E-state index contributed by atoms with van der Waals surface area (Å²) in [5, 5.41) is 3.14. The van der Waals surface area contributed by atoms with E-state index in [0.29, 0.717) is 22.2 Å². The first kappa shape index (κ1) is 22.5. The van der Waals surface area contributed by atoms with Gasteiger partial charge in [-0.2, -0.15) is 8.78 Å². The summed E-state index contributed by atoms with van der Waals surface area (Å²) in [6.45, 7) is -2.98. The largest absolute Gasteiger partial charge is 0.437 e. The number of fused-ring (bicyclic) bond motifs is 1. The zero-order chi connectivity index (χ0) is 23.4. The molecule has 0 bridgehead atoms. The number of aromatic nitrogens is 3. The second-order valence-electron chi connectivity index (χ2n) is 6.48. The van der Waals surface area contributed by atoms with Crippen molar-refractivity contribution in [3.8, 4) is 17.5 Å². The predicted molar refractivity (Wildman–Crippen MR) is 118 cm³/mol. The van der Waals surface area contributed by atoms with Crippen molar-refractivity contribution >= 4 is 50.6 Å². The van der Waals surface area contributed by atoms with Crippen molar-refractivity contribution < 1.29 is 27.8 Å². The minimum Gasteiger partial charge on any atom is -0.437 e. The van der Waals surface area contributed by atoms with Crippen LogP contribution in [0.15, 0.2) is 48.7 Å². The molecule has 0 aliphatic carbocycles. The Morgan fingerprint density at radius 2 is 2.06 bits per heavy atom. The number of pyridine rings is 2. The smallest absolute Gasteiger partial charge is 0.388 e. The first-order valence-corrected chi connectivity index (χ1v) is 10.5. The van der Waals surface area contributed by atoms with Gasteiger partial charge in [-0.05, 0) is 35.9 Å². The molecule has 33 heavy (non-hydrogen) atoms. The van der Waals surface area contributed by atoms with Crippen molar-refractivity contribution in [3.05, 3.63) is 64.8 Å². The Hall–Kier alpha value is -3.70. The standard InChI is InChI=1S/C21H13ClF2N4O4S/c22-13-8-11(3-5-15(13)31-18-12(10-29)2-1-7-25-18)9-16(30)27-21-26-14-4-6-17(32-20(23)24)28-19(14)33-21/h1-8,10,20H,9H2,(H,26,27,30). The van der Waals surface area contributed by atoms with Crippen molar-refractivity contribution in [3.63, 3.8) is 0 Å². The summed E-state index contributed by atoms with van der Waals surface area (Å²) in [5.74, 6) is -0.203. The van der Waals surface area contributed by atoms with E-state index >= 15 is 0 Å². The lowest BCUT2D eigenvalue weighted by molar-refractivity contribution is -0.115. The number of nitrogens with zero attached hydrogens (tertiary/aromatic N) is 3. The van der Waals surface area contributed by atoms with Gasteiger partial charge in [0.25, 0.3) is 0 Å². The summed E-state index contributed by atoms with van der Waals surface area (Å²) in [4.78, 5) is 36.0. The molecule has 0 saturated carbocycles. The van der Waals surface area contributed by atoms with Crippen LogP contribution in [0.1, 0.15) is 15.9 Å². The van der Waals surface area contributed by atoms with Crippen LogP contribution < -0.4 is 14.8 Å². The number of carbonyl (C=O) groups excluding carboxylic acids is 2. The van der Waals surface area contributed by atoms with Gasteiger partial charge in [0, 0.05) is 12.3 Å². The minimum absolute atomic E-state index is 0.00767. The zero-order valence-electron chi connectivity index (χ0n) is 16.5. The number of ether oxygens (including phenoxy) is 2. The normalized spacial score (nSPS) is 10.9. The number of nitrogens with one attached hydrogen (secondary N) is 1. The lowest BCUT2D eigenvalue weighted by Crippen LogP contribution is -2.14. The number of aldehydes is 1. The fraction of sp³-hybridized carbons (Fsp3) is 0.0952. The van der Waals surface area contributed by atoms with Crippen molar-refractivity contribution in [1.29, 1.82) is 0 Å². The number of hydrogen-bond donors (Lipinski definition) is 1. The van der Waals surface area contributed by atoms with Crippen LogP contribution in [0.4, 0.5) is 13.9 Å². The number of halogens is 3. The van der Waals surface area contributed by atoms with E-state index in [2.05, 4.69) is 25.0 Å². The molecule has 1 aromatic carbocycles. The highest BCUT2D eigenvalue weighted by Gasteiger charge is 2.14. The highest BCUT2D eigenvalue weighted by Crippen LogP contribution is 2.31. The van der Waals surface area contributed by atoms with Gasteiger partial charge in [0.1, 0.15) is 16.1 Å². The molecule has 0 spiro atoms. The Balaban J connectivity index is 1.42. The molecule has 4 rings (SSSR count). The molecule has 0 saturated heterocycles. The molecule has 8 nitrogen and oxygen atoms in total. The van der Waals surface area contributed by atoms with E-state index in [1.165, 1.54) is 18.3 Å². The number of thiazole rings is 1. The zero-order valence-corrected chi connectivity index (χ0v) is 18.1. The average Bonchev–Trinajstić information content (AvgIpc) is 3.16. The van der Waals surface area contributed by atoms with Gasteiger partial charge >= 0.3 is 6.61 Å². The maximum absolute atomic E-state index is 12.4. The Bertz CT molecular complexity index is 1330. The van der Waals surface area contributed by atoms with Crippen LogP contribution in [0.3, 0.4) is 0 Å². The van der Waals surface area contributed by atoms with Crippen molar-refractivity contribution in [1.82, 2.24) is 15.0 Å². The first-order chi connectivity index (χ1) is 15.9. The molecular weight excluding hydrogens is 478 g/mol. The number of anilines is 1. The van der Waals surface area contributed by atoms with E-state index in [0.717, 1.165) is 11.3 Å². The molecule has 0 unspecified atom stereocenters. The van der Waals surface area contributed by atoms with E-state index in [1.54, 1.807) is 30.3 Å². The minimum atomic E-state index is -2.98. The second kappa shape index (κ2) is 9.84. The second-order valence-corrected chi connectivity index (χ2v) is 7.86. The molecular formula is C21H13ClF2N4O4S. The molecule has 12 heteroatoms. The Morgan fingerprint density at radius 3 is 2.82 bits per heavy atom. The van der Waals surface area contributed by atoms with E-state index in [4.69, 9.17) is 16.3 Å². The molecule has 0 aliphatic rings. The number of amides is 1. The molecule has 168 valence electrons. The number of benzene rings is 1. The van der Waals surface area contributed by atoms with E-state index in [1.807, 2.05) is 0 Å². The summed E-state index contributed by atoms with van der Waals surface area (Å²) in [6.07, 6.45) is 2.10. The molecule has 4 aromatic rings. The number of carbonyl (C=O) groups is 2. The SMILES string of the molecule is O=Cc1cccnc1Oc1ccc(CC(=O)Nc2nc3ccc(OC(F)F)nc3s2)cc1Cl. The fourth-order valence-corrected chi connectivity index (χ4v) is 3.87. The topological polar surface area (TPSA) is 103 Å². The molecule has 0 aliphatic heterocycles. The highest BCUT2D eigenvalue weighted by atomic mass is 35.5. The Kier molecular flexibility index (Phi) is 6.71. The van der Waals surface area contributed by atoms with Crippen molar-refractivity contribution in [2.24, 2.45) is 0 Å². The van der Waals surface area contributed by atoms with Gasteiger partial charge in [-0.3, -0.25) is 9.59 Å². The molecule has 0 fully saturated rings. The van der Waals surface area contributed by atoms with Gasteiger partial charge in [0.2, 0.25) is 17.7 Å². The van der Waals surface area contributed by atoms with Crippen LogP contribution in [0.25, 0.3) is 10.3 Å². The van der Waals surface area contributed by atoms with E-state index < -0.39 is 6.61 Å². The van der Waals surface area contributed by atoms with Crippen molar-refractivity contribution in [2.45, 2.75) is 13.0 Å². The van der Waals surface area contributed by atoms with Gasteiger partial charge < -0.3 is 14.8 Å². The fourth-order valence-electron chi connectivity index (χ4n) is 2.78. The number of hydrogen-bond acceptors (Lipinski definition) is 8. The van der Waals surface area contributed by atoms with Gasteiger partial charge in [0.05, 0.1) is 17.0 Å². The Morgan fingerprint density at radius 1 is 1.21 bits per heavy atom. The first-order valence-electron chi connectivity index (χ1n) is 9.30. The maximum atomic E-state index is 12.4. The van der Waals surface area contributed by atoms with Gasteiger partial charge in [-0.25, -0.2) is 15.0 Å². The molecule has 3 aromatic heterocycles. The monoisotopic (exact) mass is 490 g/mol. The van der Waals surface area contributed by atoms with E-state index in [-0.39, 0.29) is 45.6 Å². The van der Waals surface area contributed by atoms with Gasteiger partial charge in [0.15, 0.2) is 11.4 Å². The third kappa shape index (κ3) is 5.57. The lowest BCUT2D eigenvalue weighted by atomic mass is 10.1. The molecule has 1 amide bonds. The van der Waals surface area contributed by atoms with E-state index in [9.17, 15) is 18.4 Å². The van der Waals surface area contributed by atoms with Crippen LogP contribution in [0.5, 0.6) is 17.5 Å². The van der Waals surface area contributed by atoms with Crippen LogP contribution in [-0.4, -0.2) is 33.8 Å². The number of alkyl halides is 2. The summed E-state index contributed by atoms with van der Waals surface area (Å²) >= 11 is 7.29. The predicted octanol–water partition coefficient (Wildman–Crippen LogP) is 5.13. The quantitative estimate of drug-likeness (QED) is 0.341. The highest BCUT2D eigenvalue weighted by molar-refractivity contribution is 7.21. The van der Waals surface area contributed by atoms with Crippen LogP contribution in [-0.2, 0) is 11.2 Å². The van der Waals surface area contributed by atoms with Crippen LogP contribution >= 0.6 is 22.9 Å². The molecule has 3 heterocycles. The van der Waals surface area contributed by atoms with Crippen LogP contribution in [0.2, 0.25) is 5.02 Å². The molecule has 0 atom stereocenters. The molecule has 0 radical (unpaired) electrons. The van der Waals surface area contributed by atoms with Gasteiger partial charge in [-0.15, -0.1) is 0 Å².